The van der Waals surface area contributed by atoms with E-state index in [1.54, 1.807) is 17.6 Å². The number of aromatic nitrogens is 3. The van der Waals surface area contributed by atoms with Crippen molar-refractivity contribution in [2.75, 3.05) is 19.0 Å². The van der Waals surface area contributed by atoms with E-state index in [9.17, 15) is 22.8 Å². The summed E-state index contributed by atoms with van der Waals surface area (Å²) in [6.45, 7) is -1.47. The fraction of sp³-hybridized carbons (Fsp3) is 0.176. The van der Waals surface area contributed by atoms with Crippen molar-refractivity contribution in [3.8, 4) is 17.1 Å². The third-order valence-electron chi connectivity index (χ3n) is 3.49. The Morgan fingerprint density at radius 1 is 1.31 bits per heavy atom. The molecule has 3 rings (SSSR count). The SMILES string of the molecule is COC(=O)c1cc(-c2csc(NC(=O)c3ccc(OCC(F)(F)F)nc3)n2)c[nH]1. The number of esters is 1. The van der Waals surface area contributed by atoms with E-state index in [-0.39, 0.29) is 17.1 Å². The van der Waals surface area contributed by atoms with Crippen molar-refractivity contribution in [1.82, 2.24) is 15.0 Å². The summed E-state index contributed by atoms with van der Waals surface area (Å²) >= 11 is 1.16. The van der Waals surface area contributed by atoms with Gasteiger partial charge < -0.3 is 14.5 Å². The number of nitrogens with one attached hydrogen (secondary N) is 2. The average Bonchev–Trinajstić information content (AvgIpc) is 3.35. The number of aromatic amines is 1. The summed E-state index contributed by atoms with van der Waals surface area (Å²) in [5.41, 5.74) is 1.55. The molecule has 0 unspecified atom stereocenters. The lowest BCUT2D eigenvalue weighted by Crippen LogP contribution is -2.19. The zero-order valence-electron chi connectivity index (χ0n) is 14.7. The van der Waals surface area contributed by atoms with E-state index in [4.69, 9.17) is 0 Å². The summed E-state index contributed by atoms with van der Waals surface area (Å²) in [7, 11) is 1.27. The third kappa shape index (κ3) is 5.31. The molecule has 3 heterocycles. The van der Waals surface area contributed by atoms with E-state index in [1.807, 2.05) is 0 Å². The first-order valence-corrected chi connectivity index (χ1v) is 8.83. The lowest BCUT2D eigenvalue weighted by molar-refractivity contribution is -0.154. The van der Waals surface area contributed by atoms with Gasteiger partial charge in [-0.25, -0.2) is 14.8 Å². The van der Waals surface area contributed by atoms with Crippen LogP contribution >= 0.6 is 11.3 Å². The minimum absolute atomic E-state index is 0.121. The van der Waals surface area contributed by atoms with Crippen molar-refractivity contribution < 1.29 is 32.2 Å². The first-order valence-electron chi connectivity index (χ1n) is 7.95. The maximum Gasteiger partial charge on any atom is 0.422 e. The largest absolute Gasteiger partial charge is 0.468 e. The number of amides is 1. The molecule has 0 atom stereocenters. The van der Waals surface area contributed by atoms with Crippen molar-refractivity contribution in [2.24, 2.45) is 0 Å². The maximum atomic E-state index is 12.2. The molecule has 0 aromatic carbocycles. The summed E-state index contributed by atoms with van der Waals surface area (Å²) in [4.78, 5) is 34.4. The van der Waals surface area contributed by atoms with Gasteiger partial charge in [-0.1, -0.05) is 0 Å². The molecule has 29 heavy (non-hydrogen) atoms. The van der Waals surface area contributed by atoms with Crippen LogP contribution in [0.3, 0.4) is 0 Å². The first-order chi connectivity index (χ1) is 13.7. The van der Waals surface area contributed by atoms with Crippen LogP contribution in [0.5, 0.6) is 5.88 Å². The van der Waals surface area contributed by atoms with E-state index in [2.05, 4.69) is 29.7 Å². The van der Waals surface area contributed by atoms with Gasteiger partial charge >= 0.3 is 12.1 Å². The van der Waals surface area contributed by atoms with Gasteiger partial charge in [0, 0.05) is 29.4 Å². The Kier molecular flexibility index (Phi) is 5.82. The Hall–Kier alpha value is -3.41. The smallest absolute Gasteiger partial charge is 0.422 e. The number of carbonyl (C=O) groups is 2. The van der Waals surface area contributed by atoms with Crippen molar-refractivity contribution in [2.45, 2.75) is 6.18 Å². The molecule has 0 radical (unpaired) electrons. The Bertz CT molecular complexity index is 1010. The summed E-state index contributed by atoms with van der Waals surface area (Å²) in [6.07, 6.45) is -1.79. The third-order valence-corrected chi connectivity index (χ3v) is 4.25. The van der Waals surface area contributed by atoms with E-state index in [1.165, 1.54) is 19.2 Å². The van der Waals surface area contributed by atoms with Crippen LogP contribution in [0.1, 0.15) is 20.8 Å². The van der Waals surface area contributed by atoms with Gasteiger partial charge in [-0.15, -0.1) is 11.3 Å². The number of carbonyl (C=O) groups excluding carboxylic acids is 2. The van der Waals surface area contributed by atoms with Gasteiger partial charge in [0.2, 0.25) is 5.88 Å². The van der Waals surface area contributed by atoms with Gasteiger partial charge in [0.15, 0.2) is 11.7 Å². The van der Waals surface area contributed by atoms with Crippen LogP contribution in [-0.4, -0.2) is 46.7 Å². The Morgan fingerprint density at radius 2 is 2.10 bits per heavy atom. The summed E-state index contributed by atoms with van der Waals surface area (Å²) in [6, 6.07) is 4.02. The van der Waals surface area contributed by atoms with Crippen LogP contribution in [0.15, 0.2) is 36.0 Å². The number of alkyl halides is 3. The van der Waals surface area contributed by atoms with Crippen molar-refractivity contribution in [3.63, 3.8) is 0 Å². The standard InChI is InChI=1S/C17H13F3N4O4S/c1-27-15(26)11-4-10(6-21-11)12-7-29-16(23-12)24-14(25)9-2-3-13(22-5-9)28-8-17(18,19)20/h2-7,21H,8H2,1H3,(H,23,24,25). The molecule has 0 bridgehead atoms. The topological polar surface area (TPSA) is 106 Å². The second kappa shape index (κ2) is 8.31. The minimum Gasteiger partial charge on any atom is -0.468 e. The van der Waals surface area contributed by atoms with Crippen LogP contribution in [0, 0.1) is 0 Å². The van der Waals surface area contributed by atoms with Crippen LogP contribution in [0.25, 0.3) is 11.3 Å². The number of thiazole rings is 1. The van der Waals surface area contributed by atoms with E-state index in [0.717, 1.165) is 17.5 Å². The Morgan fingerprint density at radius 3 is 2.76 bits per heavy atom. The number of hydrogen-bond acceptors (Lipinski definition) is 7. The fourth-order valence-corrected chi connectivity index (χ4v) is 2.87. The quantitative estimate of drug-likeness (QED) is 0.585. The highest BCUT2D eigenvalue weighted by molar-refractivity contribution is 7.14. The molecule has 0 aliphatic rings. The number of nitrogens with zero attached hydrogens (tertiary/aromatic N) is 2. The molecule has 0 saturated carbocycles. The Labute approximate surface area is 165 Å². The van der Waals surface area contributed by atoms with E-state index in [0.29, 0.717) is 16.4 Å². The lowest BCUT2D eigenvalue weighted by atomic mass is 10.2. The summed E-state index contributed by atoms with van der Waals surface area (Å²) in [5, 5.41) is 4.55. The molecule has 12 heteroatoms. The molecule has 0 aliphatic carbocycles. The molecule has 0 fully saturated rings. The van der Waals surface area contributed by atoms with Gasteiger partial charge in [0.05, 0.1) is 18.4 Å². The molecule has 0 spiro atoms. The highest BCUT2D eigenvalue weighted by atomic mass is 32.1. The first kappa shape index (κ1) is 20.3. The molecular formula is C17H13F3N4O4S. The monoisotopic (exact) mass is 426 g/mol. The van der Waals surface area contributed by atoms with Crippen molar-refractivity contribution in [1.29, 1.82) is 0 Å². The number of halogens is 3. The second-order valence-electron chi connectivity index (χ2n) is 5.57. The fourth-order valence-electron chi connectivity index (χ4n) is 2.16. The molecular weight excluding hydrogens is 413 g/mol. The van der Waals surface area contributed by atoms with Gasteiger partial charge in [-0.3, -0.25) is 10.1 Å². The number of pyridine rings is 1. The van der Waals surface area contributed by atoms with Crippen molar-refractivity contribution >= 4 is 28.3 Å². The molecule has 0 saturated heterocycles. The van der Waals surface area contributed by atoms with E-state index < -0.39 is 24.7 Å². The molecule has 0 aliphatic heterocycles. The number of hydrogen-bond donors (Lipinski definition) is 2. The van der Waals surface area contributed by atoms with Crippen LogP contribution in [0.4, 0.5) is 18.3 Å². The average molecular weight is 426 g/mol. The molecule has 3 aromatic rings. The van der Waals surface area contributed by atoms with Crippen LogP contribution < -0.4 is 10.1 Å². The van der Waals surface area contributed by atoms with Gasteiger partial charge in [0.1, 0.15) is 5.69 Å². The number of rotatable bonds is 6. The van der Waals surface area contributed by atoms with E-state index >= 15 is 0 Å². The van der Waals surface area contributed by atoms with Crippen LogP contribution in [0.2, 0.25) is 0 Å². The van der Waals surface area contributed by atoms with Gasteiger partial charge in [-0.05, 0) is 12.1 Å². The summed E-state index contributed by atoms with van der Waals surface area (Å²) < 4.78 is 45.5. The summed E-state index contributed by atoms with van der Waals surface area (Å²) in [5.74, 6) is -1.30. The molecule has 152 valence electrons. The molecule has 2 N–H and O–H groups in total. The predicted octanol–water partition coefficient (Wildman–Crippen LogP) is 3.51. The van der Waals surface area contributed by atoms with Gasteiger partial charge in [0.25, 0.3) is 5.91 Å². The second-order valence-corrected chi connectivity index (χ2v) is 6.43. The number of H-pyrrole nitrogens is 1. The zero-order valence-corrected chi connectivity index (χ0v) is 15.6. The van der Waals surface area contributed by atoms with Crippen molar-refractivity contribution in [3.05, 3.63) is 47.2 Å². The molecule has 8 nitrogen and oxygen atoms in total. The predicted molar refractivity (Wildman–Crippen MR) is 97.0 cm³/mol. The Balaban J connectivity index is 1.63. The normalized spacial score (nSPS) is 11.2. The lowest BCUT2D eigenvalue weighted by Gasteiger charge is -2.08. The zero-order chi connectivity index (χ0) is 21.0. The molecule has 3 aromatic heterocycles. The van der Waals surface area contributed by atoms with Gasteiger partial charge in [-0.2, -0.15) is 13.2 Å². The number of methoxy groups -OCH3 is 1. The highest BCUT2D eigenvalue weighted by Crippen LogP contribution is 2.26. The van der Waals surface area contributed by atoms with Crippen LogP contribution in [-0.2, 0) is 4.74 Å². The maximum absolute atomic E-state index is 12.2. The molecule has 1 amide bonds. The highest BCUT2D eigenvalue weighted by Gasteiger charge is 2.28. The number of ether oxygens (including phenoxy) is 2. The number of anilines is 1. The minimum atomic E-state index is -4.47.